The van der Waals surface area contributed by atoms with Gasteiger partial charge in [0.2, 0.25) is 23.6 Å². The maximum atomic E-state index is 13.7. The van der Waals surface area contributed by atoms with Crippen molar-refractivity contribution in [2.45, 2.75) is 209 Å². The van der Waals surface area contributed by atoms with E-state index in [0.29, 0.717) is 78.6 Å². The molecule has 0 heterocycles. The van der Waals surface area contributed by atoms with E-state index in [1.807, 2.05) is 0 Å². The van der Waals surface area contributed by atoms with Crippen molar-refractivity contribution in [3.8, 4) is 34.5 Å². The summed E-state index contributed by atoms with van der Waals surface area (Å²) in [4.78, 5) is 138. The second-order valence-electron chi connectivity index (χ2n) is 28.0. The highest BCUT2D eigenvalue weighted by atomic mass is 16.6. The van der Waals surface area contributed by atoms with E-state index >= 15 is 0 Å². The Morgan fingerprint density at radius 3 is 0.767 bits per heavy atom. The molecule has 28 heteroatoms. The fraction of sp³-hybridized carbons (Fsp3) is 0.587. The van der Waals surface area contributed by atoms with Gasteiger partial charge < -0.3 is 84.0 Å². The van der Waals surface area contributed by atoms with Gasteiger partial charge in [0, 0.05) is 99.9 Å². The van der Waals surface area contributed by atoms with Crippen LogP contribution in [0.2, 0.25) is 0 Å². The molecule has 28 nitrogen and oxygen atoms in total. The zero-order valence-electron chi connectivity index (χ0n) is 62.5. The number of nitrogens with one attached hydrogen (secondary N) is 6. The van der Waals surface area contributed by atoms with E-state index in [2.05, 4.69) is 38.5 Å². The summed E-state index contributed by atoms with van der Waals surface area (Å²) in [6.45, 7) is 28.3. The van der Waals surface area contributed by atoms with Crippen molar-refractivity contribution in [3.63, 3.8) is 0 Å². The Hall–Kier alpha value is -9.63. The molecule has 6 amide bonds. The van der Waals surface area contributed by atoms with Crippen LogP contribution in [0.5, 0.6) is 34.5 Å². The minimum absolute atomic E-state index is 0.0335. The van der Waals surface area contributed by atoms with Crippen molar-refractivity contribution in [1.82, 2.24) is 31.9 Å². The number of hydrogen-bond acceptors (Lipinski definition) is 22. The molecule has 572 valence electrons. The summed E-state index contributed by atoms with van der Waals surface area (Å²) in [5.74, 6) is -2.61. The number of amides is 6. The molecule has 0 fully saturated rings. The summed E-state index contributed by atoms with van der Waals surface area (Å²) in [7, 11) is 0. The Labute approximate surface area is 605 Å². The second-order valence-corrected chi connectivity index (χ2v) is 28.0. The summed E-state index contributed by atoms with van der Waals surface area (Å²) >= 11 is 0. The van der Waals surface area contributed by atoms with Gasteiger partial charge in [0.1, 0.15) is 63.5 Å². The van der Waals surface area contributed by atoms with Gasteiger partial charge in [0.15, 0.2) is 0 Å². The molecule has 0 aliphatic carbocycles. The fourth-order valence-electron chi connectivity index (χ4n) is 8.77. The standard InChI is InChI=1S/C75H110N6O22/c1-51(2)71(92)99-50-52-41-55(93-39-19-33-80-69(90)53-43-57(95-35-15-29-76-61(82)21-25-65(86)100-72(3,4)5)48-58(44-53)96-36-16-30-77-62(83)22-26-66(87)101-73(6,7)8)47-56(42-52)94-40-20-34-81-70(91)54-45-59(97-37-17-31-78-63(84)23-27-67(88)102-74(9,10)11)49-60(46-54)98-38-18-32-79-64(85)24-28-68(89)103-75(12,13)14/h41-49H,1,15-40,50H2,2-14H3,(H,76,82)(H,77,83)(H,78,84)(H,79,85)(H,80,90)(H,81,91). The van der Waals surface area contributed by atoms with Crippen LogP contribution in [0.4, 0.5) is 0 Å². The smallest absolute Gasteiger partial charge is 0.333 e. The van der Waals surface area contributed by atoms with Crippen LogP contribution in [0, 0.1) is 0 Å². The van der Waals surface area contributed by atoms with Gasteiger partial charge in [-0.05, 0) is 170 Å². The number of esters is 5. The molecule has 0 aliphatic heterocycles. The molecular formula is C75H110N6O22. The lowest BCUT2D eigenvalue weighted by Crippen LogP contribution is -2.28. The normalized spacial score (nSPS) is 11.3. The van der Waals surface area contributed by atoms with E-state index in [1.54, 1.807) is 138 Å². The predicted molar refractivity (Wildman–Crippen MR) is 382 cm³/mol. The second kappa shape index (κ2) is 45.4. The number of carbonyl (C=O) groups excluding carboxylic acids is 11. The van der Waals surface area contributed by atoms with Crippen molar-refractivity contribution in [2.75, 3.05) is 78.9 Å². The van der Waals surface area contributed by atoms with Crippen LogP contribution in [0.25, 0.3) is 0 Å². The number of benzene rings is 3. The molecule has 0 saturated carbocycles. The van der Waals surface area contributed by atoms with Crippen molar-refractivity contribution >= 4 is 65.3 Å². The van der Waals surface area contributed by atoms with E-state index in [-0.39, 0.29) is 177 Å². The average molecular weight is 1450 g/mol. The van der Waals surface area contributed by atoms with Gasteiger partial charge in [-0.3, -0.25) is 47.9 Å². The Morgan fingerprint density at radius 1 is 0.320 bits per heavy atom. The van der Waals surface area contributed by atoms with Crippen molar-refractivity contribution in [2.24, 2.45) is 0 Å². The number of hydrogen-bond donors (Lipinski definition) is 6. The lowest BCUT2D eigenvalue weighted by Gasteiger charge is -2.19. The van der Waals surface area contributed by atoms with Crippen LogP contribution in [0.3, 0.4) is 0 Å². The van der Waals surface area contributed by atoms with Crippen molar-refractivity contribution in [3.05, 3.63) is 83.4 Å². The lowest BCUT2D eigenvalue weighted by molar-refractivity contribution is -0.156. The third-order valence-corrected chi connectivity index (χ3v) is 13.2. The molecule has 6 N–H and O–H groups in total. The molecule has 0 aliphatic rings. The first-order valence-corrected chi connectivity index (χ1v) is 34.9. The summed E-state index contributed by atoms with van der Waals surface area (Å²) in [5, 5.41) is 16.8. The number of rotatable bonds is 47. The predicted octanol–water partition coefficient (Wildman–Crippen LogP) is 8.73. The zero-order chi connectivity index (χ0) is 76.6. The number of ether oxygens (including phenoxy) is 11. The minimum atomic E-state index is -0.663. The van der Waals surface area contributed by atoms with E-state index in [1.165, 1.54) is 6.92 Å². The maximum absolute atomic E-state index is 13.7. The summed E-state index contributed by atoms with van der Waals surface area (Å²) in [6, 6.07) is 14.5. The highest BCUT2D eigenvalue weighted by Crippen LogP contribution is 2.27. The van der Waals surface area contributed by atoms with E-state index < -0.39 is 64.1 Å². The van der Waals surface area contributed by atoms with Crippen LogP contribution in [0.1, 0.15) is 206 Å². The molecule has 3 aromatic carbocycles. The molecule has 0 atom stereocenters. The first-order chi connectivity index (χ1) is 48.4. The van der Waals surface area contributed by atoms with Crippen molar-refractivity contribution in [1.29, 1.82) is 0 Å². The van der Waals surface area contributed by atoms with E-state index in [0.717, 1.165) is 0 Å². The molecule has 103 heavy (non-hydrogen) atoms. The van der Waals surface area contributed by atoms with Gasteiger partial charge in [-0.1, -0.05) is 6.58 Å². The summed E-state index contributed by atoms with van der Waals surface area (Å²) in [5.41, 5.74) is -1.45. The summed E-state index contributed by atoms with van der Waals surface area (Å²) < 4.78 is 62.8. The zero-order valence-corrected chi connectivity index (χ0v) is 62.5. The Kier molecular flexibility index (Phi) is 38.6. The molecule has 0 aromatic heterocycles. The van der Waals surface area contributed by atoms with Crippen LogP contribution >= 0.6 is 0 Å². The third kappa shape index (κ3) is 43.7. The van der Waals surface area contributed by atoms with Gasteiger partial charge in [0.05, 0.1) is 65.3 Å². The first-order valence-electron chi connectivity index (χ1n) is 34.9. The van der Waals surface area contributed by atoms with E-state index in [4.69, 9.17) is 52.1 Å². The monoisotopic (exact) mass is 1450 g/mol. The molecule has 0 bridgehead atoms. The highest BCUT2D eigenvalue weighted by Gasteiger charge is 2.22. The Balaban J connectivity index is 1.64. The van der Waals surface area contributed by atoms with Gasteiger partial charge in [-0.2, -0.15) is 0 Å². The Bertz CT molecular complexity index is 2950. The quantitative estimate of drug-likeness (QED) is 0.0133. The largest absolute Gasteiger partial charge is 0.493 e. The molecule has 3 aromatic rings. The molecular weight excluding hydrogens is 1340 g/mol. The van der Waals surface area contributed by atoms with Crippen LogP contribution in [0.15, 0.2) is 66.7 Å². The molecule has 3 rings (SSSR count). The van der Waals surface area contributed by atoms with Crippen LogP contribution in [-0.2, 0) is 73.4 Å². The topological polar surface area (TPSA) is 361 Å². The Morgan fingerprint density at radius 2 is 0.544 bits per heavy atom. The van der Waals surface area contributed by atoms with E-state index in [9.17, 15) is 52.7 Å². The lowest BCUT2D eigenvalue weighted by atomic mass is 10.2. The number of carbonyl (C=O) groups is 11. The third-order valence-electron chi connectivity index (χ3n) is 13.2. The summed E-state index contributed by atoms with van der Waals surface area (Å²) in [6.07, 6.45) is 1.92. The van der Waals surface area contributed by atoms with Crippen molar-refractivity contribution < 1.29 is 105 Å². The van der Waals surface area contributed by atoms with Gasteiger partial charge >= 0.3 is 29.8 Å². The first kappa shape index (κ1) is 87.6. The highest BCUT2D eigenvalue weighted by molar-refractivity contribution is 5.96. The molecule has 0 unspecified atom stereocenters. The van der Waals surface area contributed by atoms with Gasteiger partial charge in [-0.25, -0.2) is 4.79 Å². The molecule has 0 saturated heterocycles. The SMILES string of the molecule is C=C(C)C(=O)OCc1cc(OCCCNC(=O)c2cc(OCCCNC(=O)CCC(=O)OC(C)(C)C)cc(OCCCNC(=O)CCC(=O)OC(C)(C)C)c2)cc(OCCCNC(=O)c2cc(OCCCNC(=O)CCC(=O)OC(C)(C)C)cc(OCCCNC(=O)CCC(=O)OC(C)(C)C)c2)c1. The van der Waals surface area contributed by atoms with Crippen LogP contribution < -0.4 is 60.3 Å². The van der Waals surface area contributed by atoms with Gasteiger partial charge in [0.25, 0.3) is 11.8 Å². The molecule has 0 radical (unpaired) electrons. The minimum Gasteiger partial charge on any atom is -0.493 e. The molecule has 0 spiro atoms. The van der Waals surface area contributed by atoms with Gasteiger partial charge in [-0.15, -0.1) is 0 Å². The average Bonchev–Trinajstić information content (AvgIpc) is 0.865. The fourth-order valence-corrected chi connectivity index (χ4v) is 8.77. The van der Waals surface area contributed by atoms with Crippen LogP contribution in [-0.4, -0.2) is 167 Å². The maximum Gasteiger partial charge on any atom is 0.333 e.